The molecule has 2 nitrogen and oxygen atoms in total. The summed E-state index contributed by atoms with van der Waals surface area (Å²) in [6.45, 7) is 7.57. The largest absolute Gasteiger partial charge is 0.330 e. The van der Waals surface area contributed by atoms with Crippen LogP contribution in [0.15, 0.2) is 22.7 Å². The summed E-state index contributed by atoms with van der Waals surface area (Å²) in [7, 11) is 0. The Morgan fingerprint density at radius 2 is 2.21 bits per heavy atom. The molecule has 2 unspecified atom stereocenters. The molecule has 2 N–H and O–H groups in total. The summed E-state index contributed by atoms with van der Waals surface area (Å²) < 4.78 is 1.21. The lowest BCUT2D eigenvalue weighted by atomic mass is 9.84. The first-order valence-electron chi connectivity index (χ1n) is 7.37. The number of likely N-dealkylation sites (tertiary alicyclic amines) is 1. The maximum Gasteiger partial charge on any atom is 0.0388 e. The molecule has 2 atom stereocenters. The Labute approximate surface area is 125 Å². The average Bonchev–Trinajstić information content (AvgIpc) is 2.42. The van der Waals surface area contributed by atoms with Gasteiger partial charge in [0.1, 0.15) is 0 Å². The number of piperidine rings is 1. The van der Waals surface area contributed by atoms with E-state index in [9.17, 15) is 0 Å². The molecule has 0 amide bonds. The third-order valence-corrected chi connectivity index (χ3v) is 5.07. The fourth-order valence-corrected chi connectivity index (χ4v) is 3.61. The molecule has 0 radical (unpaired) electrons. The van der Waals surface area contributed by atoms with Gasteiger partial charge in [0, 0.05) is 10.5 Å². The summed E-state index contributed by atoms with van der Waals surface area (Å²) in [6.07, 6.45) is 3.75. The van der Waals surface area contributed by atoms with E-state index in [1.807, 2.05) is 0 Å². The quantitative estimate of drug-likeness (QED) is 0.910. The molecule has 3 heteroatoms. The molecule has 19 heavy (non-hydrogen) atoms. The normalized spacial score (nSPS) is 24.6. The third kappa shape index (κ3) is 3.39. The molecule has 1 aliphatic rings. The molecular formula is C16H25BrN2. The van der Waals surface area contributed by atoms with Crippen molar-refractivity contribution in [1.29, 1.82) is 0 Å². The molecule has 106 valence electrons. The molecule has 1 fully saturated rings. The molecule has 1 aliphatic heterocycles. The number of hydrogen-bond acceptors (Lipinski definition) is 2. The minimum Gasteiger partial charge on any atom is -0.330 e. The van der Waals surface area contributed by atoms with Gasteiger partial charge in [-0.2, -0.15) is 0 Å². The van der Waals surface area contributed by atoms with Gasteiger partial charge >= 0.3 is 0 Å². The van der Waals surface area contributed by atoms with Crippen LogP contribution in [0.4, 0.5) is 0 Å². The predicted octanol–water partition coefficient (Wildman–Crippen LogP) is 3.88. The first-order chi connectivity index (χ1) is 9.17. The molecule has 1 aromatic rings. The van der Waals surface area contributed by atoms with Crippen molar-refractivity contribution in [3.05, 3.63) is 33.8 Å². The Morgan fingerprint density at radius 3 is 2.84 bits per heavy atom. The van der Waals surface area contributed by atoms with Gasteiger partial charge in [-0.05, 0) is 68.9 Å². The molecule has 0 aromatic heterocycles. The highest BCUT2D eigenvalue weighted by Crippen LogP contribution is 2.36. The zero-order valence-electron chi connectivity index (χ0n) is 12.0. The smallest absolute Gasteiger partial charge is 0.0388 e. The van der Waals surface area contributed by atoms with E-state index in [1.165, 1.54) is 48.0 Å². The Balaban J connectivity index is 2.30. The zero-order chi connectivity index (χ0) is 13.8. The fourth-order valence-electron chi connectivity index (χ4n) is 3.21. The fraction of sp³-hybridized carbons (Fsp3) is 0.625. The van der Waals surface area contributed by atoms with Crippen LogP contribution in [0.3, 0.4) is 0 Å². The van der Waals surface area contributed by atoms with Crippen LogP contribution in [0, 0.1) is 12.8 Å². The van der Waals surface area contributed by atoms with Crippen LogP contribution < -0.4 is 5.73 Å². The Hall–Kier alpha value is -0.380. The molecule has 0 bridgehead atoms. The van der Waals surface area contributed by atoms with Crippen LogP contribution >= 0.6 is 15.9 Å². The highest BCUT2D eigenvalue weighted by molar-refractivity contribution is 9.10. The molecule has 2 rings (SSSR count). The van der Waals surface area contributed by atoms with Crippen molar-refractivity contribution in [3.8, 4) is 0 Å². The summed E-state index contributed by atoms with van der Waals surface area (Å²) in [6, 6.07) is 7.28. The van der Waals surface area contributed by atoms with E-state index in [1.54, 1.807) is 0 Å². The predicted molar refractivity (Wildman–Crippen MR) is 85.3 cm³/mol. The summed E-state index contributed by atoms with van der Waals surface area (Å²) in [5, 5.41) is 0. The van der Waals surface area contributed by atoms with Gasteiger partial charge in [-0.1, -0.05) is 35.0 Å². The van der Waals surface area contributed by atoms with Crippen molar-refractivity contribution in [2.24, 2.45) is 11.7 Å². The maximum atomic E-state index is 6.02. The molecule has 0 saturated carbocycles. The number of halogens is 1. The van der Waals surface area contributed by atoms with Gasteiger partial charge in [0.2, 0.25) is 0 Å². The van der Waals surface area contributed by atoms with Crippen LogP contribution in [-0.2, 0) is 0 Å². The topological polar surface area (TPSA) is 29.3 Å². The second-order valence-electron chi connectivity index (χ2n) is 5.63. The van der Waals surface area contributed by atoms with Crippen LogP contribution in [0.1, 0.15) is 43.4 Å². The Morgan fingerprint density at radius 1 is 1.42 bits per heavy atom. The van der Waals surface area contributed by atoms with Crippen LogP contribution in [0.2, 0.25) is 0 Å². The standard InChI is InChI=1S/C16H25BrN2/c1-3-8-19-9-4-5-14(11-18)16(19)13-7-6-12(2)15(17)10-13/h6-7,10,14,16H,3-5,8-9,11,18H2,1-2H3. The van der Waals surface area contributed by atoms with Crippen LogP contribution in [-0.4, -0.2) is 24.5 Å². The van der Waals surface area contributed by atoms with Gasteiger partial charge in [0.05, 0.1) is 0 Å². The number of benzene rings is 1. The summed E-state index contributed by atoms with van der Waals surface area (Å²) in [5.41, 5.74) is 8.73. The number of nitrogens with zero attached hydrogens (tertiary/aromatic N) is 1. The lowest BCUT2D eigenvalue weighted by molar-refractivity contribution is 0.0960. The number of hydrogen-bond donors (Lipinski definition) is 1. The lowest BCUT2D eigenvalue weighted by Crippen LogP contribution is -2.41. The highest BCUT2D eigenvalue weighted by Gasteiger charge is 2.31. The summed E-state index contributed by atoms with van der Waals surface area (Å²) >= 11 is 3.66. The van der Waals surface area contributed by atoms with Gasteiger partial charge in [-0.15, -0.1) is 0 Å². The van der Waals surface area contributed by atoms with Gasteiger partial charge < -0.3 is 5.73 Å². The van der Waals surface area contributed by atoms with Crippen molar-refractivity contribution in [2.75, 3.05) is 19.6 Å². The van der Waals surface area contributed by atoms with E-state index >= 15 is 0 Å². The van der Waals surface area contributed by atoms with Crippen LogP contribution in [0.5, 0.6) is 0 Å². The maximum absolute atomic E-state index is 6.02. The second kappa shape index (κ2) is 6.87. The van der Waals surface area contributed by atoms with Crippen molar-refractivity contribution in [3.63, 3.8) is 0 Å². The Bertz CT molecular complexity index is 417. The number of nitrogens with two attached hydrogens (primary N) is 1. The summed E-state index contributed by atoms with van der Waals surface area (Å²) in [4.78, 5) is 2.62. The zero-order valence-corrected chi connectivity index (χ0v) is 13.6. The monoisotopic (exact) mass is 324 g/mol. The van der Waals surface area contributed by atoms with E-state index in [-0.39, 0.29) is 0 Å². The minimum absolute atomic E-state index is 0.496. The van der Waals surface area contributed by atoms with Crippen molar-refractivity contribution in [2.45, 2.75) is 39.2 Å². The van der Waals surface area contributed by atoms with Crippen molar-refractivity contribution in [1.82, 2.24) is 4.90 Å². The average molecular weight is 325 g/mol. The van der Waals surface area contributed by atoms with Gasteiger partial charge in [-0.3, -0.25) is 4.90 Å². The minimum atomic E-state index is 0.496. The summed E-state index contributed by atoms with van der Waals surface area (Å²) in [5.74, 6) is 0.593. The van der Waals surface area contributed by atoms with Gasteiger partial charge in [0.15, 0.2) is 0 Å². The molecular weight excluding hydrogens is 300 g/mol. The van der Waals surface area contributed by atoms with Gasteiger partial charge in [0.25, 0.3) is 0 Å². The first kappa shape index (κ1) is 15.0. The highest BCUT2D eigenvalue weighted by atomic mass is 79.9. The van der Waals surface area contributed by atoms with Gasteiger partial charge in [-0.25, -0.2) is 0 Å². The number of aryl methyl sites for hydroxylation is 1. The van der Waals surface area contributed by atoms with Crippen molar-refractivity contribution < 1.29 is 0 Å². The van der Waals surface area contributed by atoms with Crippen LogP contribution in [0.25, 0.3) is 0 Å². The SMILES string of the molecule is CCCN1CCCC(CN)C1c1ccc(C)c(Br)c1. The number of rotatable bonds is 4. The third-order valence-electron chi connectivity index (χ3n) is 4.21. The van der Waals surface area contributed by atoms with E-state index in [0.717, 1.165) is 6.54 Å². The first-order valence-corrected chi connectivity index (χ1v) is 8.16. The van der Waals surface area contributed by atoms with E-state index in [2.05, 4.69) is 52.9 Å². The Kier molecular flexibility index (Phi) is 5.43. The van der Waals surface area contributed by atoms with E-state index < -0.39 is 0 Å². The van der Waals surface area contributed by atoms with E-state index in [4.69, 9.17) is 5.73 Å². The molecule has 0 spiro atoms. The van der Waals surface area contributed by atoms with Crippen molar-refractivity contribution >= 4 is 15.9 Å². The molecule has 1 aromatic carbocycles. The molecule has 0 aliphatic carbocycles. The lowest BCUT2D eigenvalue weighted by Gasteiger charge is -2.41. The second-order valence-corrected chi connectivity index (χ2v) is 6.48. The molecule has 1 heterocycles. The van der Waals surface area contributed by atoms with E-state index in [0.29, 0.717) is 12.0 Å². The molecule has 1 saturated heterocycles.